The smallest absolute Gasteiger partial charge is 0.152 e. The molecule has 3 nitrogen and oxygen atoms in total. The topological polar surface area (TPSA) is 48.9 Å². The van der Waals surface area contributed by atoms with Crippen LogP contribution in [0, 0.1) is 0 Å². The van der Waals surface area contributed by atoms with Crippen LogP contribution >= 0.6 is 11.6 Å². The van der Waals surface area contributed by atoms with E-state index in [9.17, 15) is 0 Å². The van der Waals surface area contributed by atoms with Crippen molar-refractivity contribution in [1.82, 2.24) is 9.97 Å². The second-order valence-corrected chi connectivity index (χ2v) is 2.32. The van der Waals surface area contributed by atoms with E-state index in [1.807, 2.05) is 6.92 Å². The molecule has 1 rings (SSSR count). The van der Waals surface area contributed by atoms with Crippen molar-refractivity contribution in [1.29, 1.82) is 0 Å². The van der Waals surface area contributed by atoms with Crippen LogP contribution in [0.1, 0.15) is 18.4 Å². The molecule has 0 fully saturated rings. The van der Waals surface area contributed by atoms with Gasteiger partial charge in [-0.25, -0.2) is 4.98 Å². The molecule has 0 unspecified atom stereocenters. The molecule has 0 aliphatic carbocycles. The third-order valence-electron chi connectivity index (χ3n) is 1.27. The van der Waals surface area contributed by atoms with Gasteiger partial charge in [-0.3, -0.25) is 0 Å². The van der Waals surface area contributed by atoms with Gasteiger partial charge in [-0.1, -0.05) is 18.5 Å². The van der Waals surface area contributed by atoms with Crippen molar-refractivity contribution in [3.63, 3.8) is 0 Å². The van der Waals surface area contributed by atoms with Gasteiger partial charge in [-0.15, -0.1) is 0 Å². The molecule has 2 N–H and O–H groups in total. The van der Waals surface area contributed by atoms with Crippen molar-refractivity contribution in [3.05, 3.63) is 16.7 Å². The SMILES string of the molecule is CCc1nc(Cl)c(CO)[nH]1. The van der Waals surface area contributed by atoms with Gasteiger partial charge in [0.1, 0.15) is 5.82 Å². The Kier molecular flexibility index (Phi) is 2.29. The highest BCUT2D eigenvalue weighted by Gasteiger charge is 2.03. The normalized spacial score (nSPS) is 10.3. The van der Waals surface area contributed by atoms with Crippen LogP contribution < -0.4 is 0 Å². The molecule has 0 aliphatic rings. The Balaban J connectivity index is 2.92. The van der Waals surface area contributed by atoms with Gasteiger partial charge in [0, 0.05) is 6.42 Å². The quantitative estimate of drug-likeness (QED) is 0.681. The molecule has 0 amide bonds. The lowest BCUT2D eigenvalue weighted by Gasteiger charge is -1.86. The van der Waals surface area contributed by atoms with Crippen LogP contribution in [0.5, 0.6) is 0 Å². The number of nitrogens with one attached hydrogen (secondary N) is 1. The van der Waals surface area contributed by atoms with Crippen molar-refractivity contribution in [2.24, 2.45) is 0 Å². The number of rotatable bonds is 2. The van der Waals surface area contributed by atoms with Crippen molar-refractivity contribution in [2.45, 2.75) is 20.0 Å². The van der Waals surface area contributed by atoms with E-state index in [1.165, 1.54) is 0 Å². The summed E-state index contributed by atoms with van der Waals surface area (Å²) in [5.74, 6) is 0.814. The van der Waals surface area contributed by atoms with Crippen LogP contribution in [0.25, 0.3) is 0 Å². The lowest BCUT2D eigenvalue weighted by atomic mass is 10.5. The summed E-state index contributed by atoms with van der Waals surface area (Å²) in [6.07, 6.45) is 0.805. The average molecular weight is 161 g/mol. The van der Waals surface area contributed by atoms with Gasteiger partial charge in [0.2, 0.25) is 0 Å². The number of aryl methyl sites for hydroxylation is 1. The molecule has 4 heteroatoms. The van der Waals surface area contributed by atoms with Crippen LogP contribution in [0.4, 0.5) is 0 Å². The maximum absolute atomic E-state index is 8.67. The molecule has 0 aromatic carbocycles. The van der Waals surface area contributed by atoms with E-state index >= 15 is 0 Å². The van der Waals surface area contributed by atoms with E-state index in [2.05, 4.69) is 9.97 Å². The fraction of sp³-hybridized carbons (Fsp3) is 0.500. The molecule has 10 heavy (non-hydrogen) atoms. The number of H-pyrrole nitrogens is 1. The number of nitrogens with zero attached hydrogens (tertiary/aromatic N) is 1. The first kappa shape index (κ1) is 7.57. The van der Waals surface area contributed by atoms with Crippen molar-refractivity contribution in [2.75, 3.05) is 0 Å². The fourth-order valence-corrected chi connectivity index (χ4v) is 0.921. The number of imidazole rings is 1. The van der Waals surface area contributed by atoms with Crippen molar-refractivity contribution >= 4 is 11.6 Å². The molecule has 0 radical (unpaired) electrons. The van der Waals surface area contributed by atoms with E-state index in [1.54, 1.807) is 0 Å². The number of aromatic amines is 1. The Morgan fingerprint density at radius 2 is 2.40 bits per heavy atom. The van der Waals surface area contributed by atoms with Gasteiger partial charge in [0.25, 0.3) is 0 Å². The third kappa shape index (κ3) is 1.30. The van der Waals surface area contributed by atoms with E-state index < -0.39 is 0 Å². The van der Waals surface area contributed by atoms with Crippen LogP contribution in [0.15, 0.2) is 0 Å². The first-order valence-corrected chi connectivity index (χ1v) is 3.49. The largest absolute Gasteiger partial charge is 0.390 e. The summed E-state index contributed by atoms with van der Waals surface area (Å²) in [4.78, 5) is 6.84. The number of hydrogen-bond donors (Lipinski definition) is 2. The molecule has 1 heterocycles. The van der Waals surface area contributed by atoms with Gasteiger partial charge in [0.05, 0.1) is 12.3 Å². The number of halogens is 1. The Morgan fingerprint density at radius 3 is 2.70 bits per heavy atom. The second kappa shape index (κ2) is 3.03. The predicted molar refractivity (Wildman–Crippen MR) is 38.9 cm³/mol. The summed E-state index contributed by atoms with van der Waals surface area (Å²) in [6, 6.07) is 0. The van der Waals surface area contributed by atoms with Crippen molar-refractivity contribution < 1.29 is 5.11 Å². The summed E-state index contributed by atoms with van der Waals surface area (Å²) in [5.41, 5.74) is 0.596. The van der Waals surface area contributed by atoms with Crippen LogP contribution in [0.3, 0.4) is 0 Å². The van der Waals surface area contributed by atoms with Gasteiger partial charge in [0.15, 0.2) is 5.15 Å². The number of aliphatic hydroxyl groups is 1. The van der Waals surface area contributed by atoms with Crippen LogP contribution in [0.2, 0.25) is 5.15 Å². The third-order valence-corrected chi connectivity index (χ3v) is 1.58. The second-order valence-electron chi connectivity index (χ2n) is 1.96. The summed E-state index contributed by atoms with van der Waals surface area (Å²) in [5, 5.41) is 9.05. The monoisotopic (exact) mass is 160 g/mol. The zero-order valence-corrected chi connectivity index (χ0v) is 6.44. The van der Waals surface area contributed by atoms with E-state index in [0.29, 0.717) is 10.8 Å². The Labute approximate surface area is 64.1 Å². The molecule has 0 aliphatic heterocycles. The molecule has 0 spiro atoms. The van der Waals surface area contributed by atoms with E-state index in [4.69, 9.17) is 16.7 Å². The fourth-order valence-electron chi connectivity index (χ4n) is 0.712. The molecule has 1 aromatic rings. The summed E-state index contributed by atoms with van der Waals surface area (Å²) in [6.45, 7) is 1.89. The first-order chi connectivity index (χ1) is 4.77. The number of aromatic nitrogens is 2. The lowest BCUT2D eigenvalue weighted by molar-refractivity contribution is 0.277. The first-order valence-electron chi connectivity index (χ1n) is 3.12. The van der Waals surface area contributed by atoms with Gasteiger partial charge < -0.3 is 10.1 Å². The van der Waals surface area contributed by atoms with Crippen molar-refractivity contribution in [3.8, 4) is 0 Å². The Hall–Kier alpha value is -0.540. The average Bonchev–Trinajstić information content (AvgIpc) is 2.30. The molecular formula is C6H9ClN2O. The zero-order valence-electron chi connectivity index (χ0n) is 5.69. The molecule has 0 saturated carbocycles. The Bertz CT molecular complexity index is 222. The standard InChI is InChI=1S/C6H9ClN2O/c1-2-5-8-4(3-10)6(7)9-5/h10H,2-3H2,1H3,(H,8,9). The van der Waals surface area contributed by atoms with E-state index in [-0.39, 0.29) is 6.61 Å². The lowest BCUT2D eigenvalue weighted by Crippen LogP contribution is -1.84. The minimum atomic E-state index is -0.0775. The molecule has 0 bridgehead atoms. The van der Waals surface area contributed by atoms with Gasteiger partial charge in [-0.05, 0) is 0 Å². The molecule has 1 aromatic heterocycles. The summed E-state index contributed by atoms with van der Waals surface area (Å²) < 4.78 is 0. The summed E-state index contributed by atoms with van der Waals surface area (Å²) in [7, 11) is 0. The highest BCUT2D eigenvalue weighted by Crippen LogP contribution is 2.12. The number of aliphatic hydroxyl groups excluding tert-OH is 1. The summed E-state index contributed by atoms with van der Waals surface area (Å²) >= 11 is 5.62. The maximum Gasteiger partial charge on any atom is 0.152 e. The highest BCUT2D eigenvalue weighted by atomic mass is 35.5. The molecular weight excluding hydrogens is 152 g/mol. The predicted octanol–water partition coefficient (Wildman–Crippen LogP) is 1.12. The molecule has 0 saturated heterocycles. The maximum atomic E-state index is 8.67. The van der Waals surface area contributed by atoms with Crippen LogP contribution in [-0.4, -0.2) is 15.1 Å². The van der Waals surface area contributed by atoms with E-state index in [0.717, 1.165) is 12.2 Å². The zero-order chi connectivity index (χ0) is 7.56. The Morgan fingerprint density at radius 1 is 1.70 bits per heavy atom. The molecule has 0 atom stereocenters. The molecule has 56 valence electrons. The minimum absolute atomic E-state index is 0.0775. The number of hydrogen-bond acceptors (Lipinski definition) is 2. The van der Waals surface area contributed by atoms with Gasteiger partial charge >= 0.3 is 0 Å². The minimum Gasteiger partial charge on any atom is -0.390 e. The van der Waals surface area contributed by atoms with Crippen LogP contribution in [-0.2, 0) is 13.0 Å². The highest BCUT2D eigenvalue weighted by molar-refractivity contribution is 6.30. The van der Waals surface area contributed by atoms with Gasteiger partial charge in [-0.2, -0.15) is 0 Å².